The van der Waals surface area contributed by atoms with E-state index in [0.29, 0.717) is 0 Å². The second-order valence-electron chi connectivity index (χ2n) is 7.98. The van der Waals surface area contributed by atoms with E-state index in [1.165, 1.54) is 0 Å². The van der Waals surface area contributed by atoms with Crippen LogP contribution in [0.1, 0.15) is 0 Å². The van der Waals surface area contributed by atoms with Gasteiger partial charge in [0, 0.05) is 24.3 Å². The predicted molar refractivity (Wildman–Crippen MR) is 134 cm³/mol. The van der Waals surface area contributed by atoms with Crippen LogP contribution in [-0.2, 0) is 14.1 Å². The molecule has 0 radical (unpaired) electrons. The minimum absolute atomic E-state index is 0.809. The molecule has 0 amide bonds. The van der Waals surface area contributed by atoms with Gasteiger partial charge < -0.3 is 9.47 Å². The highest BCUT2D eigenvalue weighted by Gasteiger charge is 2.16. The molecule has 0 saturated heterocycles. The summed E-state index contributed by atoms with van der Waals surface area (Å²) in [5.74, 6) is 1.62. The first-order chi connectivity index (χ1) is 16.6. The highest BCUT2D eigenvalue weighted by Crippen LogP contribution is 2.24. The second-order valence-corrected chi connectivity index (χ2v) is 7.98. The summed E-state index contributed by atoms with van der Waals surface area (Å²) in [4.78, 5) is 9.33. The van der Waals surface area contributed by atoms with Gasteiger partial charge in [-0.25, -0.2) is 9.97 Å². The lowest BCUT2D eigenvalue weighted by molar-refractivity contribution is -0.618. The summed E-state index contributed by atoms with van der Waals surface area (Å²) in [7, 11) is 7.44. The number of ether oxygens (including phenoxy) is 2. The van der Waals surface area contributed by atoms with Crippen LogP contribution in [-0.4, -0.2) is 24.2 Å². The molecular formula is C28H26N4O2+2. The Morgan fingerprint density at radius 2 is 0.882 bits per heavy atom. The van der Waals surface area contributed by atoms with Crippen molar-refractivity contribution in [3.8, 4) is 11.5 Å². The van der Waals surface area contributed by atoms with Crippen LogP contribution in [0.25, 0.3) is 44.1 Å². The Kier molecular flexibility index (Phi) is 5.64. The predicted octanol–water partition coefficient (Wildman–Crippen LogP) is 4.44. The van der Waals surface area contributed by atoms with Crippen LogP contribution in [0.2, 0.25) is 0 Å². The summed E-state index contributed by atoms with van der Waals surface area (Å²) in [6, 6.07) is 28.2. The number of aryl methyl sites for hydroxylation is 2. The molecular weight excluding hydrogens is 424 g/mol. The Morgan fingerprint density at radius 1 is 0.500 bits per heavy atom. The van der Waals surface area contributed by atoms with Crippen molar-refractivity contribution in [1.29, 1.82) is 0 Å². The molecule has 0 unspecified atom stereocenters. The molecule has 0 aliphatic heterocycles. The van der Waals surface area contributed by atoms with E-state index in [9.17, 15) is 0 Å². The molecule has 0 aliphatic rings. The van der Waals surface area contributed by atoms with E-state index in [4.69, 9.17) is 9.47 Å². The number of hydrogen-bond donors (Lipinski definition) is 0. The molecule has 6 heteroatoms. The molecule has 2 heterocycles. The van der Waals surface area contributed by atoms with Crippen LogP contribution in [0.5, 0.6) is 11.5 Å². The van der Waals surface area contributed by atoms with E-state index in [1.54, 1.807) is 14.2 Å². The number of hydrogen-bond acceptors (Lipinski definition) is 4. The highest BCUT2D eigenvalue weighted by atomic mass is 16.5. The molecule has 0 bridgehead atoms. The van der Waals surface area contributed by atoms with E-state index >= 15 is 0 Å². The summed E-state index contributed by atoms with van der Waals surface area (Å²) in [5, 5.41) is 0. The van der Waals surface area contributed by atoms with Crippen LogP contribution in [0, 0.1) is 0 Å². The van der Waals surface area contributed by atoms with E-state index in [-0.39, 0.29) is 0 Å². The van der Waals surface area contributed by atoms with E-state index < -0.39 is 0 Å². The van der Waals surface area contributed by atoms with Crippen molar-refractivity contribution in [2.45, 2.75) is 0 Å². The number of fused-ring (bicyclic) bond motifs is 4. The van der Waals surface area contributed by atoms with Crippen molar-refractivity contribution >= 4 is 44.1 Å². The van der Waals surface area contributed by atoms with Crippen LogP contribution in [0.15, 0.2) is 84.9 Å². The standard InChI is InChI=1S/2C14H13N2O/c2*1-16-11-7-4-3-6-10(11)15-14-12(16)8-5-9-13(14)17-2/h2*3-9H,1-2H3/q2*+1. The largest absolute Gasteiger partial charge is 0.494 e. The summed E-state index contributed by atoms with van der Waals surface area (Å²) >= 11 is 0. The Balaban J connectivity index is 0.000000142. The number of aromatic nitrogens is 4. The van der Waals surface area contributed by atoms with Gasteiger partial charge in [0.05, 0.1) is 14.2 Å². The number of rotatable bonds is 2. The monoisotopic (exact) mass is 450 g/mol. The smallest absolute Gasteiger partial charge is 0.235 e. The molecule has 0 N–H and O–H groups in total. The van der Waals surface area contributed by atoms with E-state index in [2.05, 4.69) is 43.4 Å². The molecule has 0 atom stereocenters. The third kappa shape index (κ3) is 3.63. The van der Waals surface area contributed by atoms with Gasteiger partial charge in [-0.1, -0.05) is 36.4 Å². The van der Waals surface area contributed by atoms with E-state index in [0.717, 1.165) is 55.6 Å². The minimum atomic E-state index is 0.809. The lowest BCUT2D eigenvalue weighted by atomic mass is 10.2. The van der Waals surface area contributed by atoms with Gasteiger partial charge in [0.25, 0.3) is 0 Å². The SMILES string of the molecule is COc1cccc2c1nc1ccccc1[n+]2C.COc1cccc2c1nc1ccccc1[n+]2C. The Labute approximate surface area is 197 Å². The van der Waals surface area contributed by atoms with Crippen molar-refractivity contribution < 1.29 is 18.6 Å². The highest BCUT2D eigenvalue weighted by molar-refractivity contribution is 5.86. The average Bonchev–Trinajstić information content (AvgIpc) is 2.89. The molecule has 0 aliphatic carbocycles. The van der Waals surface area contributed by atoms with Crippen LogP contribution in [0.3, 0.4) is 0 Å². The van der Waals surface area contributed by atoms with Crippen molar-refractivity contribution in [3.63, 3.8) is 0 Å². The number of benzene rings is 4. The molecule has 168 valence electrons. The molecule has 6 nitrogen and oxygen atoms in total. The first-order valence-corrected chi connectivity index (χ1v) is 11.1. The summed E-state index contributed by atoms with van der Waals surface area (Å²) in [6.45, 7) is 0. The van der Waals surface area contributed by atoms with Crippen molar-refractivity contribution in [2.75, 3.05) is 14.2 Å². The fourth-order valence-corrected chi connectivity index (χ4v) is 4.30. The van der Waals surface area contributed by atoms with Gasteiger partial charge in [-0.15, -0.1) is 0 Å². The average molecular weight is 451 g/mol. The quantitative estimate of drug-likeness (QED) is 0.289. The zero-order valence-electron chi connectivity index (χ0n) is 19.7. The van der Waals surface area contributed by atoms with Crippen molar-refractivity contribution in [2.24, 2.45) is 14.1 Å². The molecule has 4 aromatic carbocycles. The summed E-state index contributed by atoms with van der Waals surface area (Å²) in [5.41, 5.74) is 8.14. The molecule has 6 rings (SSSR count). The van der Waals surface area contributed by atoms with Gasteiger partial charge in [-0.2, -0.15) is 9.13 Å². The third-order valence-corrected chi connectivity index (χ3v) is 6.07. The summed E-state index contributed by atoms with van der Waals surface area (Å²) < 4.78 is 15.0. The fraction of sp³-hybridized carbons (Fsp3) is 0.143. The van der Waals surface area contributed by atoms with Gasteiger partial charge >= 0.3 is 0 Å². The lowest BCUT2D eigenvalue weighted by Crippen LogP contribution is -2.30. The van der Waals surface area contributed by atoms with Gasteiger partial charge in [0.2, 0.25) is 22.1 Å². The number of nitrogens with zero attached hydrogens (tertiary/aromatic N) is 4. The maximum atomic E-state index is 5.36. The molecule has 0 saturated carbocycles. The van der Waals surface area contributed by atoms with Crippen LogP contribution >= 0.6 is 0 Å². The lowest BCUT2D eigenvalue weighted by Gasteiger charge is -2.04. The van der Waals surface area contributed by atoms with Gasteiger partial charge in [-0.05, 0) is 24.3 Å². The van der Waals surface area contributed by atoms with Gasteiger partial charge in [0.15, 0.2) is 22.5 Å². The van der Waals surface area contributed by atoms with Crippen molar-refractivity contribution in [1.82, 2.24) is 9.97 Å². The molecule has 0 spiro atoms. The van der Waals surface area contributed by atoms with Crippen molar-refractivity contribution in [3.05, 3.63) is 84.9 Å². The molecule has 0 fully saturated rings. The number of para-hydroxylation sites is 6. The molecule has 2 aromatic heterocycles. The van der Waals surface area contributed by atoms with Crippen LogP contribution < -0.4 is 18.6 Å². The Hall–Kier alpha value is -4.32. The number of methoxy groups -OCH3 is 2. The molecule has 34 heavy (non-hydrogen) atoms. The van der Waals surface area contributed by atoms with Gasteiger partial charge in [-0.3, -0.25) is 0 Å². The minimum Gasteiger partial charge on any atom is -0.494 e. The first kappa shape index (κ1) is 21.5. The van der Waals surface area contributed by atoms with E-state index in [1.807, 2.05) is 74.8 Å². The zero-order valence-corrected chi connectivity index (χ0v) is 19.7. The van der Waals surface area contributed by atoms with Gasteiger partial charge in [0.1, 0.15) is 25.1 Å². The normalized spacial score (nSPS) is 10.9. The maximum Gasteiger partial charge on any atom is 0.235 e. The Bertz CT molecular complexity index is 1540. The topological polar surface area (TPSA) is 52.0 Å². The Morgan fingerprint density at radius 3 is 1.29 bits per heavy atom. The molecule has 6 aromatic rings. The maximum absolute atomic E-state index is 5.36. The fourth-order valence-electron chi connectivity index (χ4n) is 4.30. The van der Waals surface area contributed by atoms with Crippen LogP contribution in [0.4, 0.5) is 0 Å². The second kappa shape index (κ2) is 8.90. The summed E-state index contributed by atoms with van der Waals surface area (Å²) in [6.07, 6.45) is 0. The third-order valence-electron chi connectivity index (χ3n) is 6.07. The first-order valence-electron chi connectivity index (χ1n) is 11.1. The zero-order chi connectivity index (χ0) is 23.7.